The molecule has 0 aliphatic carbocycles. The number of fused-ring (bicyclic) bond motifs is 1. The first kappa shape index (κ1) is 19.7. The van der Waals surface area contributed by atoms with E-state index in [4.69, 9.17) is 5.26 Å². The smallest absolute Gasteiger partial charge is 0.108 e. The average molecular weight is 417 g/mol. The minimum Gasteiger partial charge on any atom is -0.360 e. The van der Waals surface area contributed by atoms with Gasteiger partial charge in [-0.15, -0.1) is 0 Å². The Morgan fingerprint density at radius 1 is 0.906 bits per heavy atom. The van der Waals surface area contributed by atoms with Crippen molar-refractivity contribution < 1.29 is 0 Å². The summed E-state index contributed by atoms with van der Waals surface area (Å²) in [6.07, 6.45) is 6.35. The number of para-hydroxylation sites is 3. The molecule has 5 rings (SSSR count). The van der Waals surface area contributed by atoms with E-state index in [2.05, 4.69) is 102 Å². The maximum Gasteiger partial charge on any atom is 0.108 e. The molecule has 0 fully saturated rings. The summed E-state index contributed by atoms with van der Waals surface area (Å²) < 4.78 is 0. The molecule has 0 spiro atoms. The van der Waals surface area contributed by atoms with E-state index >= 15 is 0 Å². The molecule has 3 aromatic rings. The lowest BCUT2D eigenvalue weighted by atomic mass is 10.0. The summed E-state index contributed by atoms with van der Waals surface area (Å²) >= 11 is 0. The topological polar surface area (TPSA) is 42.3 Å². The lowest BCUT2D eigenvalue weighted by Crippen LogP contribution is -2.38. The van der Waals surface area contributed by atoms with Crippen molar-refractivity contribution in [1.82, 2.24) is 5.32 Å². The van der Waals surface area contributed by atoms with Crippen LogP contribution < -0.4 is 15.1 Å². The highest BCUT2D eigenvalue weighted by Gasteiger charge is 2.35. The number of benzene rings is 3. The normalized spacial score (nSPS) is 18.5. The van der Waals surface area contributed by atoms with Crippen molar-refractivity contribution in [3.63, 3.8) is 0 Å². The number of anilines is 3. The summed E-state index contributed by atoms with van der Waals surface area (Å²) in [5.41, 5.74) is 8.66. The zero-order chi connectivity index (χ0) is 22.1. The highest BCUT2D eigenvalue weighted by atomic mass is 15.4. The predicted octanol–water partition coefficient (Wildman–Crippen LogP) is 6.29. The number of nitrogens with one attached hydrogen (secondary N) is 1. The molecule has 2 aliphatic rings. The molecule has 2 heterocycles. The fourth-order valence-corrected chi connectivity index (χ4v) is 4.52. The van der Waals surface area contributed by atoms with E-state index in [0.717, 1.165) is 22.5 Å². The van der Waals surface area contributed by atoms with Gasteiger partial charge < -0.3 is 15.1 Å². The van der Waals surface area contributed by atoms with E-state index in [9.17, 15) is 0 Å². The van der Waals surface area contributed by atoms with Gasteiger partial charge in [-0.3, -0.25) is 0 Å². The Kier molecular flexibility index (Phi) is 5.01. The SMILES string of the molecule is C/C(=C1\C=C(c2ccc(C#N)cc2)C=CN1)N1c2ccccc2N(c2ccccc2)[C@@H]1C. The molecule has 1 atom stereocenters. The molecule has 1 N–H and O–H groups in total. The number of dihydropyridines is 1. The van der Waals surface area contributed by atoms with Gasteiger partial charge in [0.25, 0.3) is 0 Å². The Balaban J connectivity index is 1.55. The number of allylic oxidation sites excluding steroid dienone is 4. The first-order chi connectivity index (χ1) is 15.7. The molecule has 156 valence electrons. The fourth-order valence-electron chi connectivity index (χ4n) is 4.52. The third-order valence-electron chi connectivity index (χ3n) is 6.08. The number of hydrogen-bond donors (Lipinski definition) is 1. The minimum absolute atomic E-state index is 0.127. The van der Waals surface area contributed by atoms with Crippen molar-refractivity contribution in [3.05, 3.63) is 120 Å². The molecule has 32 heavy (non-hydrogen) atoms. The Bertz CT molecular complexity index is 1280. The van der Waals surface area contributed by atoms with Crippen LogP contribution in [-0.4, -0.2) is 6.17 Å². The second-order valence-electron chi connectivity index (χ2n) is 7.96. The van der Waals surface area contributed by atoms with Gasteiger partial charge in [0.05, 0.1) is 28.7 Å². The van der Waals surface area contributed by atoms with Crippen LogP contribution in [-0.2, 0) is 0 Å². The van der Waals surface area contributed by atoms with Crippen LogP contribution in [0.4, 0.5) is 17.1 Å². The van der Waals surface area contributed by atoms with E-state index in [1.54, 1.807) is 0 Å². The lowest BCUT2D eigenvalue weighted by Gasteiger charge is -2.32. The van der Waals surface area contributed by atoms with Crippen LogP contribution in [0.5, 0.6) is 0 Å². The largest absolute Gasteiger partial charge is 0.360 e. The summed E-state index contributed by atoms with van der Waals surface area (Å²) in [7, 11) is 0. The van der Waals surface area contributed by atoms with Gasteiger partial charge in [0.15, 0.2) is 0 Å². The van der Waals surface area contributed by atoms with Gasteiger partial charge in [0, 0.05) is 17.6 Å². The third-order valence-corrected chi connectivity index (χ3v) is 6.08. The van der Waals surface area contributed by atoms with E-state index < -0.39 is 0 Å². The van der Waals surface area contributed by atoms with Gasteiger partial charge in [0.2, 0.25) is 0 Å². The van der Waals surface area contributed by atoms with Crippen LogP contribution in [0, 0.1) is 11.3 Å². The summed E-state index contributed by atoms with van der Waals surface area (Å²) in [5, 5.41) is 12.5. The zero-order valence-electron chi connectivity index (χ0n) is 18.2. The quantitative estimate of drug-likeness (QED) is 0.544. The minimum atomic E-state index is 0.127. The Hall–Kier alpha value is -4.23. The standard InChI is InChI=1S/C28H24N4/c1-20(26-18-24(16-17-30-26)23-14-12-22(19-29)13-15-23)31-21(2)32(25-8-4-3-5-9-25)28-11-7-6-10-27(28)31/h3-18,21,30H,1-2H3/b26-20-/t21-/m1/s1. The maximum atomic E-state index is 9.08. The van der Waals surface area contributed by atoms with Gasteiger partial charge in [0.1, 0.15) is 6.17 Å². The van der Waals surface area contributed by atoms with Crippen molar-refractivity contribution in [3.8, 4) is 6.07 Å². The monoisotopic (exact) mass is 416 g/mol. The van der Waals surface area contributed by atoms with Crippen LogP contribution in [0.25, 0.3) is 5.57 Å². The van der Waals surface area contributed by atoms with Crippen LogP contribution in [0.3, 0.4) is 0 Å². The summed E-state index contributed by atoms with van der Waals surface area (Å²) in [6.45, 7) is 4.40. The summed E-state index contributed by atoms with van der Waals surface area (Å²) in [6, 6.07) is 29.0. The maximum absolute atomic E-state index is 9.08. The Morgan fingerprint density at radius 3 is 2.31 bits per heavy atom. The van der Waals surface area contributed by atoms with E-state index in [0.29, 0.717) is 5.56 Å². The molecular formula is C28H24N4. The third kappa shape index (κ3) is 3.34. The van der Waals surface area contributed by atoms with Gasteiger partial charge >= 0.3 is 0 Å². The van der Waals surface area contributed by atoms with Gasteiger partial charge in [-0.1, -0.05) is 42.5 Å². The number of nitriles is 1. The van der Waals surface area contributed by atoms with Crippen LogP contribution in [0.1, 0.15) is 25.0 Å². The molecule has 0 radical (unpaired) electrons. The first-order valence-corrected chi connectivity index (χ1v) is 10.8. The summed E-state index contributed by atoms with van der Waals surface area (Å²) in [5.74, 6) is 0. The van der Waals surface area contributed by atoms with Gasteiger partial charge in [-0.25, -0.2) is 0 Å². The highest BCUT2D eigenvalue weighted by Crippen LogP contribution is 2.46. The van der Waals surface area contributed by atoms with Crippen LogP contribution >= 0.6 is 0 Å². The van der Waals surface area contributed by atoms with Gasteiger partial charge in [-0.05, 0) is 73.5 Å². The van der Waals surface area contributed by atoms with Crippen molar-refractivity contribution >= 4 is 22.6 Å². The zero-order valence-corrected chi connectivity index (χ0v) is 18.2. The lowest BCUT2D eigenvalue weighted by molar-refractivity contribution is 0.726. The molecule has 0 bridgehead atoms. The van der Waals surface area contributed by atoms with E-state index in [1.165, 1.54) is 17.1 Å². The molecule has 0 unspecified atom stereocenters. The van der Waals surface area contributed by atoms with Crippen molar-refractivity contribution in [2.24, 2.45) is 0 Å². The second-order valence-corrected chi connectivity index (χ2v) is 7.96. The van der Waals surface area contributed by atoms with Crippen molar-refractivity contribution in [2.45, 2.75) is 20.0 Å². The number of rotatable bonds is 3. The highest BCUT2D eigenvalue weighted by molar-refractivity contribution is 5.86. The first-order valence-electron chi connectivity index (χ1n) is 10.8. The average Bonchev–Trinajstić information content (AvgIpc) is 3.16. The molecule has 0 saturated heterocycles. The molecule has 0 saturated carbocycles. The van der Waals surface area contributed by atoms with E-state index in [-0.39, 0.29) is 6.17 Å². The molecule has 4 nitrogen and oxygen atoms in total. The molecule has 0 amide bonds. The number of nitrogens with zero attached hydrogens (tertiary/aromatic N) is 3. The van der Waals surface area contributed by atoms with Gasteiger partial charge in [-0.2, -0.15) is 5.26 Å². The van der Waals surface area contributed by atoms with Crippen LogP contribution in [0.15, 0.2) is 109 Å². The van der Waals surface area contributed by atoms with Crippen molar-refractivity contribution in [2.75, 3.05) is 9.80 Å². The van der Waals surface area contributed by atoms with E-state index in [1.807, 2.05) is 30.5 Å². The second kappa shape index (κ2) is 8.13. The fraction of sp³-hybridized carbons (Fsp3) is 0.107. The van der Waals surface area contributed by atoms with Crippen LogP contribution in [0.2, 0.25) is 0 Å². The molecule has 0 aromatic heterocycles. The molecule has 4 heteroatoms. The predicted molar refractivity (Wildman–Crippen MR) is 131 cm³/mol. The molecular weight excluding hydrogens is 392 g/mol. The molecule has 3 aromatic carbocycles. The molecule has 2 aliphatic heterocycles. The van der Waals surface area contributed by atoms with Crippen molar-refractivity contribution in [1.29, 1.82) is 5.26 Å². The summed E-state index contributed by atoms with van der Waals surface area (Å²) in [4.78, 5) is 4.76. The Labute approximate surface area is 189 Å². The Morgan fingerprint density at radius 2 is 1.59 bits per heavy atom. The number of hydrogen-bond acceptors (Lipinski definition) is 4.